The van der Waals surface area contributed by atoms with Gasteiger partial charge < -0.3 is 14.8 Å². The Labute approximate surface area is 199 Å². The van der Waals surface area contributed by atoms with Crippen LogP contribution in [0.4, 0.5) is 10.1 Å². The van der Waals surface area contributed by atoms with Gasteiger partial charge in [0.25, 0.3) is 5.91 Å². The molecule has 0 atom stereocenters. The molecule has 1 saturated heterocycles. The molecule has 178 valence electrons. The Balaban J connectivity index is 1.12. The van der Waals surface area contributed by atoms with Gasteiger partial charge in [0.05, 0.1) is 0 Å². The maximum atomic E-state index is 13.1. The number of nitrogens with zero attached hydrogens (tertiary/aromatic N) is 5. The summed E-state index contributed by atoms with van der Waals surface area (Å²) < 4.78 is 15.2. The van der Waals surface area contributed by atoms with Crippen LogP contribution in [0.3, 0.4) is 0 Å². The van der Waals surface area contributed by atoms with Crippen LogP contribution >= 0.6 is 0 Å². The number of fused-ring (bicyclic) bond motifs is 1. The summed E-state index contributed by atoms with van der Waals surface area (Å²) in [7, 11) is 0. The number of carbonyl (C=O) groups is 1. The molecular formula is C26H31FN6O. The lowest BCUT2D eigenvalue weighted by Gasteiger charge is -2.21. The molecule has 2 aromatic carbocycles. The molecule has 3 heterocycles. The smallest absolute Gasteiger partial charge is 0.251 e. The summed E-state index contributed by atoms with van der Waals surface area (Å²) in [6.45, 7) is 6.46. The number of halogens is 1. The fourth-order valence-corrected chi connectivity index (χ4v) is 4.81. The molecule has 0 unspecified atom stereocenters. The first-order valence-electron chi connectivity index (χ1n) is 12.2. The van der Waals surface area contributed by atoms with E-state index in [4.69, 9.17) is 0 Å². The van der Waals surface area contributed by atoms with Crippen molar-refractivity contribution in [2.75, 3.05) is 37.6 Å². The highest BCUT2D eigenvalue weighted by molar-refractivity contribution is 5.94. The number of carbonyl (C=O) groups excluding carboxylic acids is 1. The van der Waals surface area contributed by atoms with Crippen molar-refractivity contribution in [1.29, 1.82) is 0 Å². The quantitative estimate of drug-likeness (QED) is 0.585. The number of amides is 1. The molecule has 0 aliphatic carbocycles. The normalized spacial score (nSPS) is 16.3. The van der Waals surface area contributed by atoms with Crippen LogP contribution in [0.2, 0.25) is 0 Å². The minimum Gasteiger partial charge on any atom is -0.372 e. The van der Waals surface area contributed by atoms with Gasteiger partial charge in [0, 0.05) is 69.9 Å². The molecule has 7 nitrogen and oxygen atoms in total. The van der Waals surface area contributed by atoms with Gasteiger partial charge in [-0.25, -0.2) is 4.39 Å². The van der Waals surface area contributed by atoms with Crippen molar-refractivity contribution >= 4 is 11.6 Å². The zero-order chi connectivity index (χ0) is 23.3. The Kier molecular flexibility index (Phi) is 6.85. The number of benzene rings is 2. The van der Waals surface area contributed by atoms with Gasteiger partial charge in [0.15, 0.2) is 0 Å². The molecule has 34 heavy (non-hydrogen) atoms. The Hall–Kier alpha value is -3.26. The molecule has 5 rings (SSSR count). The van der Waals surface area contributed by atoms with E-state index >= 15 is 0 Å². The maximum Gasteiger partial charge on any atom is 0.251 e. The summed E-state index contributed by atoms with van der Waals surface area (Å²) in [6, 6.07) is 14.6. The second-order valence-corrected chi connectivity index (χ2v) is 9.08. The summed E-state index contributed by atoms with van der Waals surface area (Å²) >= 11 is 0. The van der Waals surface area contributed by atoms with Crippen molar-refractivity contribution in [2.45, 2.75) is 38.8 Å². The fourth-order valence-electron chi connectivity index (χ4n) is 4.81. The minimum absolute atomic E-state index is 0.211. The van der Waals surface area contributed by atoms with Crippen molar-refractivity contribution in [1.82, 2.24) is 25.0 Å². The van der Waals surface area contributed by atoms with Crippen LogP contribution in [0, 0.1) is 5.82 Å². The molecule has 0 radical (unpaired) electrons. The standard InChI is InChI=1S/C26H31FN6O/c27-22-7-5-21(6-8-22)26(34)28-13-11-24-29-30-25-12-16-31(17-18-33(24)25)19-20-3-9-23(10-4-20)32-14-1-2-15-32/h3-10H,1-2,11-19H2,(H,28,34). The van der Waals surface area contributed by atoms with E-state index in [2.05, 4.69) is 54.1 Å². The number of anilines is 1. The third-order valence-electron chi connectivity index (χ3n) is 6.75. The van der Waals surface area contributed by atoms with E-state index in [9.17, 15) is 9.18 Å². The van der Waals surface area contributed by atoms with Crippen LogP contribution < -0.4 is 10.2 Å². The van der Waals surface area contributed by atoms with Crippen molar-refractivity contribution in [3.63, 3.8) is 0 Å². The van der Waals surface area contributed by atoms with Gasteiger partial charge in [0.2, 0.25) is 0 Å². The molecule has 1 fully saturated rings. The van der Waals surface area contributed by atoms with Gasteiger partial charge in [-0.3, -0.25) is 9.69 Å². The largest absolute Gasteiger partial charge is 0.372 e. The number of nitrogens with one attached hydrogen (secondary N) is 1. The van der Waals surface area contributed by atoms with Gasteiger partial charge in [0.1, 0.15) is 17.5 Å². The van der Waals surface area contributed by atoms with Gasteiger partial charge in [-0.2, -0.15) is 0 Å². The first-order chi connectivity index (χ1) is 16.7. The summed E-state index contributed by atoms with van der Waals surface area (Å²) in [5.74, 6) is 1.34. The molecule has 2 aliphatic rings. The van der Waals surface area contributed by atoms with Crippen molar-refractivity contribution in [3.8, 4) is 0 Å². The highest BCUT2D eigenvalue weighted by Gasteiger charge is 2.19. The Bertz CT molecular complexity index is 1110. The summed E-state index contributed by atoms with van der Waals surface area (Å²) in [5.41, 5.74) is 3.12. The predicted molar refractivity (Wildman–Crippen MR) is 129 cm³/mol. The van der Waals surface area contributed by atoms with Crippen molar-refractivity contribution in [3.05, 3.63) is 77.1 Å². The van der Waals surface area contributed by atoms with Crippen LogP contribution in [-0.2, 0) is 25.9 Å². The Morgan fingerprint density at radius 2 is 1.68 bits per heavy atom. The maximum absolute atomic E-state index is 13.1. The molecular weight excluding hydrogens is 431 g/mol. The Morgan fingerprint density at radius 3 is 2.44 bits per heavy atom. The van der Waals surface area contributed by atoms with Gasteiger partial charge >= 0.3 is 0 Å². The molecule has 0 bridgehead atoms. The number of hydrogen-bond donors (Lipinski definition) is 1. The topological polar surface area (TPSA) is 66.3 Å². The van der Waals surface area contributed by atoms with E-state index in [0.717, 1.165) is 44.2 Å². The van der Waals surface area contributed by atoms with Crippen LogP contribution in [0.5, 0.6) is 0 Å². The lowest BCUT2D eigenvalue weighted by molar-refractivity contribution is 0.0954. The van der Waals surface area contributed by atoms with Crippen molar-refractivity contribution < 1.29 is 9.18 Å². The van der Waals surface area contributed by atoms with Crippen LogP contribution in [0.1, 0.15) is 40.4 Å². The Morgan fingerprint density at radius 1 is 0.912 bits per heavy atom. The SMILES string of the molecule is O=C(NCCc1nnc2n1CCN(Cc1ccc(N3CCCC3)cc1)CC2)c1ccc(F)cc1. The van der Waals surface area contributed by atoms with E-state index < -0.39 is 0 Å². The van der Waals surface area contributed by atoms with Gasteiger partial charge in [-0.1, -0.05) is 12.1 Å². The number of aromatic nitrogens is 3. The fraction of sp³-hybridized carbons (Fsp3) is 0.423. The number of rotatable bonds is 7. The highest BCUT2D eigenvalue weighted by Crippen LogP contribution is 2.21. The van der Waals surface area contributed by atoms with E-state index in [1.807, 2.05) is 0 Å². The molecule has 8 heteroatoms. The highest BCUT2D eigenvalue weighted by atomic mass is 19.1. The summed E-state index contributed by atoms with van der Waals surface area (Å²) in [6.07, 6.45) is 4.06. The summed E-state index contributed by atoms with van der Waals surface area (Å²) in [5, 5.41) is 11.7. The summed E-state index contributed by atoms with van der Waals surface area (Å²) in [4.78, 5) is 17.2. The predicted octanol–water partition coefficient (Wildman–Crippen LogP) is 3.05. The van der Waals surface area contributed by atoms with Gasteiger partial charge in [-0.05, 0) is 54.8 Å². The van der Waals surface area contributed by atoms with E-state index in [1.165, 1.54) is 61.4 Å². The molecule has 1 N–H and O–H groups in total. The molecule has 1 amide bonds. The van der Waals surface area contributed by atoms with Crippen LogP contribution in [0.25, 0.3) is 0 Å². The first kappa shape index (κ1) is 22.5. The zero-order valence-corrected chi connectivity index (χ0v) is 19.4. The molecule has 0 spiro atoms. The monoisotopic (exact) mass is 462 g/mol. The van der Waals surface area contributed by atoms with Crippen LogP contribution in [0.15, 0.2) is 48.5 Å². The van der Waals surface area contributed by atoms with Crippen LogP contribution in [-0.4, -0.2) is 58.3 Å². The van der Waals surface area contributed by atoms with Gasteiger partial charge in [-0.15, -0.1) is 10.2 Å². The third-order valence-corrected chi connectivity index (χ3v) is 6.75. The van der Waals surface area contributed by atoms with E-state index in [1.54, 1.807) is 0 Å². The lowest BCUT2D eigenvalue weighted by atomic mass is 10.2. The minimum atomic E-state index is -0.351. The lowest BCUT2D eigenvalue weighted by Crippen LogP contribution is -2.28. The average Bonchev–Trinajstić information content (AvgIpc) is 3.48. The first-order valence-corrected chi connectivity index (χ1v) is 12.2. The molecule has 3 aromatic rings. The van der Waals surface area contributed by atoms with E-state index in [-0.39, 0.29) is 11.7 Å². The van der Waals surface area contributed by atoms with E-state index in [0.29, 0.717) is 18.5 Å². The second-order valence-electron chi connectivity index (χ2n) is 9.08. The zero-order valence-electron chi connectivity index (χ0n) is 19.4. The third kappa shape index (κ3) is 5.28. The second kappa shape index (κ2) is 10.3. The number of hydrogen-bond acceptors (Lipinski definition) is 5. The molecule has 1 aromatic heterocycles. The molecule has 0 saturated carbocycles. The molecule has 2 aliphatic heterocycles. The van der Waals surface area contributed by atoms with Crippen molar-refractivity contribution in [2.24, 2.45) is 0 Å². The average molecular weight is 463 g/mol.